The SMILES string of the molecule is Cc1cc(C)n(CC2=CN(c3ccn(Cc4c(F)cccc4Cl)n3)C(N)S2)n1. The zero-order valence-corrected chi connectivity index (χ0v) is 17.1. The predicted molar refractivity (Wildman–Crippen MR) is 111 cm³/mol. The Balaban J connectivity index is 1.51. The fourth-order valence-electron chi connectivity index (χ4n) is 3.15. The van der Waals surface area contributed by atoms with E-state index in [-0.39, 0.29) is 17.9 Å². The van der Waals surface area contributed by atoms with E-state index >= 15 is 0 Å². The highest BCUT2D eigenvalue weighted by Crippen LogP contribution is 2.34. The first-order valence-corrected chi connectivity index (χ1v) is 10.0. The predicted octanol–water partition coefficient (Wildman–Crippen LogP) is 3.87. The van der Waals surface area contributed by atoms with Crippen molar-refractivity contribution >= 4 is 29.2 Å². The van der Waals surface area contributed by atoms with Crippen LogP contribution in [0.5, 0.6) is 0 Å². The Morgan fingerprint density at radius 2 is 2.04 bits per heavy atom. The molecule has 9 heteroatoms. The maximum Gasteiger partial charge on any atom is 0.156 e. The summed E-state index contributed by atoms with van der Waals surface area (Å²) in [7, 11) is 0. The number of thioether (sulfide) groups is 1. The van der Waals surface area contributed by atoms with Gasteiger partial charge in [-0.2, -0.15) is 10.2 Å². The van der Waals surface area contributed by atoms with Crippen molar-refractivity contribution in [3.05, 3.63) is 75.4 Å². The van der Waals surface area contributed by atoms with Crippen LogP contribution in [0.25, 0.3) is 0 Å². The lowest BCUT2D eigenvalue weighted by Crippen LogP contribution is -2.32. The van der Waals surface area contributed by atoms with Gasteiger partial charge in [-0.05, 0) is 32.0 Å². The second-order valence-electron chi connectivity index (χ2n) is 6.67. The highest BCUT2D eigenvalue weighted by atomic mass is 35.5. The topological polar surface area (TPSA) is 64.9 Å². The molecule has 0 radical (unpaired) electrons. The lowest BCUT2D eigenvalue weighted by molar-refractivity contribution is 0.585. The molecule has 1 aromatic carbocycles. The molecule has 1 aliphatic rings. The van der Waals surface area contributed by atoms with Crippen molar-refractivity contribution in [2.24, 2.45) is 5.73 Å². The average molecular weight is 419 g/mol. The quantitative estimate of drug-likeness (QED) is 0.681. The molecule has 0 aliphatic carbocycles. The summed E-state index contributed by atoms with van der Waals surface area (Å²) in [6.45, 7) is 4.93. The largest absolute Gasteiger partial charge is 0.305 e. The normalized spacial score (nSPS) is 16.7. The zero-order valence-electron chi connectivity index (χ0n) is 15.5. The standard InChI is InChI=1S/C19H20ClFN6S/c1-12-8-13(2)27(23-12)10-14-9-26(19(22)28-14)18-6-7-25(24-18)11-15-16(20)4-3-5-17(15)21/h3-9,19H,10-11,22H2,1-2H3. The van der Waals surface area contributed by atoms with Crippen LogP contribution >= 0.6 is 23.4 Å². The molecule has 2 N–H and O–H groups in total. The Labute approximate surface area is 171 Å². The number of hydrogen-bond acceptors (Lipinski definition) is 5. The van der Waals surface area contributed by atoms with Crippen molar-refractivity contribution < 1.29 is 4.39 Å². The minimum absolute atomic E-state index is 0.254. The molecule has 0 spiro atoms. The van der Waals surface area contributed by atoms with Gasteiger partial charge in [0.25, 0.3) is 0 Å². The van der Waals surface area contributed by atoms with E-state index in [1.165, 1.54) is 6.07 Å². The van der Waals surface area contributed by atoms with Crippen LogP contribution in [-0.4, -0.2) is 25.1 Å². The van der Waals surface area contributed by atoms with E-state index in [9.17, 15) is 4.39 Å². The summed E-state index contributed by atoms with van der Waals surface area (Å²) in [5.74, 6) is 0.362. The van der Waals surface area contributed by atoms with Gasteiger partial charge in [0.15, 0.2) is 5.82 Å². The van der Waals surface area contributed by atoms with Gasteiger partial charge < -0.3 is 10.6 Å². The number of aryl methyl sites for hydroxylation is 2. The molecule has 0 amide bonds. The first-order valence-electron chi connectivity index (χ1n) is 8.79. The monoisotopic (exact) mass is 418 g/mol. The molecule has 28 heavy (non-hydrogen) atoms. The number of aromatic nitrogens is 4. The Morgan fingerprint density at radius 1 is 1.21 bits per heavy atom. The van der Waals surface area contributed by atoms with Crippen molar-refractivity contribution in [1.82, 2.24) is 19.6 Å². The molecule has 0 fully saturated rings. The molecule has 1 unspecified atom stereocenters. The number of benzene rings is 1. The van der Waals surface area contributed by atoms with E-state index < -0.39 is 0 Å². The summed E-state index contributed by atoms with van der Waals surface area (Å²) in [4.78, 5) is 3.01. The molecule has 4 rings (SSSR count). The van der Waals surface area contributed by atoms with Gasteiger partial charge in [0.05, 0.1) is 18.8 Å². The van der Waals surface area contributed by atoms with E-state index in [1.54, 1.807) is 34.8 Å². The van der Waals surface area contributed by atoms with Crippen LogP contribution in [0.3, 0.4) is 0 Å². The van der Waals surface area contributed by atoms with Gasteiger partial charge in [0, 0.05) is 39.6 Å². The molecule has 146 valence electrons. The van der Waals surface area contributed by atoms with Gasteiger partial charge in [-0.15, -0.1) is 0 Å². The third kappa shape index (κ3) is 3.80. The molecule has 3 heterocycles. The molecule has 6 nitrogen and oxygen atoms in total. The summed E-state index contributed by atoms with van der Waals surface area (Å²) >= 11 is 7.69. The van der Waals surface area contributed by atoms with Crippen LogP contribution in [0.2, 0.25) is 5.02 Å². The summed E-state index contributed by atoms with van der Waals surface area (Å²) in [5, 5.41) is 9.43. The number of rotatable bonds is 5. The Morgan fingerprint density at radius 3 is 2.75 bits per heavy atom. The van der Waals surface area contributed by atoms with Crippen LogP contribution in [0.1, 0.15) is 17.0 Å². The van der Waals surface area contributed by atoms with Crippen molar-refractivity contribution in [1.29, 1.82) is 0 Å². The molecule has 1 aliphatic heterocycles. The minimum atomic E-state index is -0.343. The van der Waals surface area contributed by atoms with E-state index in [2.05, 4.69) is 10.2 Å². The molecule has 3 aromatic rings. The molecule has 0 saturated heterocycles. The van der Waals surface area contributed by atoms with Crippen molar-refractivity contribution in [2.75, 3.05) is 4.90 Å². The smallest absolute Gasteiger partial charge is 0.156 e. The Bertz CT molecular complexity index is 1020. The average Bonchev–Trinajstić information content (AvgIpc) is 3.31. The van der Waals surface area contributed by atoms with E-state index in [0.29, 0.717) is 22.9 Å². The van der Waals surface area contributed by atoms with E-state index in [1.807, 2.05) is 41.8 Å². The number of halogens is 2. The lowest BCUT2D eigenvalue weighted by Gasteiger charge is -2.17. The molecular weight excluding hydrogens is 399 g/mol. The second kappa shape index (κ2) is 7.62. The summed E-state index contributed by atoms with van der Waals surface area (Å²) in [6.07, 6.45) is 3.79. The van der Waals surface area contributed by atoms with Gasteiger partial charge >= 0.3 is 0 Å². The fraction of sp³-hybridized carbons (Fsp3) is 0.263. The third-order valence-electron chi connectivity index (χ3n) is 4.51. The van der Waals surface area contributed by atoms with Gasteiger partial charge in [-0.3, -0.25) is 9.36 Å². The first-order chi connectivity index (χ1) is 13.4. The van der Waals surface area contributed by atoms with Crippen LogP contribution in [-0.2, 0) is 13.1 Å². The molecule has 2 aromatic heterocycles. The number of anilines is 1. The maximum atomic E-state index is 14.0. The highest BCUT2D eigenvalue weighted by molar-refractivity contribution is 8.04. The maximum absolute atomic E-state index is 14.0. The van der Waals surface area contributed by atoms with Crippen LogP contribution in [0, 0.1) is 19.7 Å². The third-order valence-corrected chi connectivity index (χ3v) is 5.87. The van der Waals surface area contributed by atoms with Crippen molar-refractivity contribution in [3.8, 4) is 0 Å². The number of allylic oxidation sites excluding steroid dienone is 1. The summed E-state index contributed by atoms with van der Waals surface area (Å²) < 4.78 is 17.6. The lowest BCUT2D eigenvalue weighted by atomic mass is 10.2. The van der Waals surface area contributed by atoms with Gasteiger partial charge in [-0.25, -0.2) is 4.39 Å². The van der Waals surface area contributed by atoms with Crippen LogP contribution < -0.4 is 10.6 Å². The fourth-order valence-corrected chi connectivity index (χ4v) is 4.34. The van der Waals surface area contributed by atoms with E-state index in [0.717, 1.165) is 16.3 Å². The highest BCUT2D eigenvalue weighted by Gasteiger charge is 2.25. The first kappa shape index (κ1) is 19.0. The molecule has 0 bridgehead atoms. The second-order valence-corrected chi connectivity index (χ2v) is 8.32. The van der Waals surface area contributed by atoms with Crippen molar-refractivity contribution in [2.45, 2.75) is 32.4 Å². The summed E-state index contributed by atoms with van der Waals surface area (Å²) in [6, 6.07) is 8.56. The van der Waals surface area contributed by atoms with Crippen molar-refractivity contribution in [3.63, 3.8) is 0 Å². The Kier molecular flexibility index (Phi) is 5.18. The van der Waals surface area contributed by atoms with E-state index in [4.69, 9.17) is 17.3 Å². The van der Waals surface area contributed by atoms with Crippen LogP contribution in [0.15, 0.2) is 47.6 Å². The van der Waals surface area contributed by atoms with Gasteiger partial charge in [-0.1, -0.05) is 29.4 Å². The van der Waals surface area contributed by atoms with Crippen LogP contribution in [0.4, 0.5) is 10.2 Å². The zero-order chi connectivity index (χ0) is 19.8. The Hall–Kier alpha value is -2.29. The minimum Gasteiger partial charge on any atom is -0.305 e. The molecule has 1 atom stereocenters. The number of nitrogens with two attached hydrogens (primary N) is 1. The number of hydrogen-bond donors (Lipinski definition) is 1. The van der Waals surface area contributed by atoms with Gasteiger partial charge in [0.1, 0.15) is 11.3 Å². The molecular formula is C19H20ClFN6S. The molecule has 0 saturated carbocycles. The summed E-state index contributed by atoms with van der Waals surface area (Å²) in [5.41, 5.74) is 8.53. The van der Waals surface area contributed by atoms with Gasteiger partial charge in [0.2, 0.25) is 0 Å². The number of nitrogens with zero attached hydrogens (tertiary/aromatic N) is 5.